The first-order valence-corrected chi connectivity index (χ1v) is 9.19. The molecule has 1 amide bonds. The van der Waals surface area contributed by atoms with Crippen LogP contribution in [0.2, 0.25) is 5.02 Å². The van der Waals surface area contributed by atoms with Gasteiger partial charge in [0.05, 0.1) is 4.90 Å². The fraction of sp³-hybridized carbons (Fsp3) is 0.500. The number of benzene rings is 1. The van der Waals surface area contributed by atoms with Crippen molar-refractivity contribution in [3.05, 3.63) is 28.3 Å². The Bertz CT molecular complexity index is 654. The van der Waals surface area contributed by atoms with Crippen LogP contribution in [0, 0.1) is 12.3 Å². The summed E-state index contributed by atoms with van der Waals surface area (Å²) in [5.74, 6) is -0.363. The van der Waals surface area contributed by atoms with E-state index in [1.54, 1.807) is 0 Å². The Labute approximate surface area is 135 Å². The van der Waals surface area contributed by atoms with Crippen LogP contribution in [0.15, 0.2) is 17.0 Å². The molecule has 21 heavy (non-hydrogen) atoms. The average Bonchev–Trinajstić information content (AvgIpc) is 2.37. The van der Waals surface area contributed by atoms with Crippen LogP contribution in [0.4, 0.5) is 0 Å². The van der Waals surface area contributed by atoms with Gasteiger partial charge in [0.25, 0.3) is 15.0 Å². The molecule has 0 spiro atoms. The van der Waals surface area contributed by atoms with Crippen LogP contribution < -0.4 is 5.32 Å². The number of hydrogen-bond donors (Lipinski definition) is 1. The van der Waals surface area contributed by atoms with E-state index in [4.69, 9.17) is 22.3 Å². The van der Waals surface area contributed by atoms with E-state index in [-0.39, 0.29) is 26.8 Å². The SMILES string of the molecule is CCC(C)(C)CNC(=O)c1cc(Cl)cc(S(=O)(=O)Cl)c1C. The molecule has 0 aliphatic rings. The second-order valence-electron chi connectivity index (χ2n) is 5.71. The van der Waals surface area contributed by atoms with E-state index in [1.807, 2.05) is 20.8 Å². The van der Waals surface area contributed by atoms with E-state index in [1.165, 1.54) is 19.1 Å². The monoisotopic (exact) mass is 351 g/mol. The summed E-state index contributed by atoms with van der Waals surface area (Å²) in [6.45, 7) is 8.12. The van der Waals surface area contributed by atoms with E-state index in [9.17, 15) is 13.2 Å². The van der Waals surface area contributed by atoms with Crippen LogP contribution in [0.25, 0.3) is 0 Å². The van der Waals surface area contributed by atoms with Gasteiger partial charge in [-0.25, -0.2) is 8.42 Å². The molecule has 0 saturated heterocycles. The highest BCUT2D eigenvalue weighted by atomic mass is 35.7. The first-order valence-electron chi connectivity index (χ1n) is 6.51. The highest BCUT2D eigenvalue weighted by molar-refractivity contribution is 8.13. The average molecular weight is 352 g/mol. The van der Waals surface area contributed by atoms with Crippen molar-refractivity contribution in [1.82, 2.24) is 5.32 Å². The number of halogens is 2. The van der Waals surface area contributed by atoms with Crippen molar-refractivity contribution in [3.8, 4) is 0 Å². The van der Waals surface area contributed by atoms with Crippen LogP contribution in [0.5, 0.6) is 0 Å². The minimum atomic E-state index is -3.95. The molecule has 0 saturated carbocycles. The van der Waals surface area contributed by atoms with Gasteiger partial charge in [-0.2, -0.15) is 0 Å². The molecule has 1 N–H and O–H groups in total. The highest BCUT2D eigenvalue weighted by Gasteiger charge is 2.22. The van der Waals surface area contributed by atoms with Crippen LogP contribution in [0.1, 0.15) is 43.1 Å². The van der Waals surface area contributed by atoms with Gasteiger partial charge in [0.2, 0.25) is 0 Å². The predicted octanol–water partition coefficient (Wildman–Crippen LogP) is 3.74. The maximum Gasteiger partial charge on any atom is 0.261 e. The molecule has 0 aliphatic heterocycles. The van der Waals surface area contributed by atoms with E-state index in [0.29, 0.717) is 12.1 Å². The maximum absolute atomic E-state index is 12.3. The standard InChI is InChI=1S/C14H19Cl2NO3S/c1-5-14(3,4)8-17-13(18)11-6-10(15)7-12(9(11)2)21(16,19)20/h6-7H,5,8H2,1-4H3,(H,17,18). The zero-order valence-corrected chi connectivity index (χ0v) is 14.8. The minimum Gasteiger partial charge on any atom is -0.351 e. The summed E-state index contributed by atoms with van der Waals surface area (Å²) >= 11 is 5.89. The molecule has 1 rings (SSSR count). The summed E-state index contributed by atoms with van der Waals surface area (Å²) in [4.78, 5) is 12.1. The van der Waals surface area contributed by atoms with Crippen LogP contribution in [0.3, 0.4) is 0 Å². The van der Waals surface area contributed by atoms with Crippen molar-refractivity contribution in [3.63, 3.8) is 0 Å². The van der Waals surface area contributed by atoms with Gasteiger partial charge in [-0.3, -0.25) is 4.79 Å². The smallest absolute Gasteiger partial charge is 0.261 e. The zero-order chi connectivity index (χ0) is 16.4. The van der Waals surface area contributed by atoms with E-state index < -0.39 is 9.05 Å². The summed E-state index contributed by atoms with van der Waals surface area (Å²) in [7, 11) is 1.41. The molecule has 0 fully saturated rings. The van der Waals surface area contributed by atoms with Crippen molar-refractivity contribution in [2.45, 2.75) is 39.0 Å². The molecule has 0 unspecified atom stereocenters. The molecule has 118 valence electrons. The van der Waals surface area contributed by atoms with Crippen LogP contribution in [-0.2, 0) is 9.05 Å². The van der Waals surface area contributed by atoms with E-state index in [2.05, 4.69) is 5.32 Å². The van der Waals surface area contributed by atoms with Crippen LogP contribution in [-0.4, -0.2) is 20.9 Å². The summed E-state index contributed by atoms with van der Waals surface area (Å²) in [6.07, 6.45) is 0.906. The Morgan fingerprint density at radius 1 is 1.33 bits per heavy atom. The molecule has 0 bridgehead atoms. The quantitative estimate of drug-likeness (QED) is 0.821. The second-order valence-corrected chi connectivity index (χ2v) is 8.69. The molecule has 1 aromatic rings. The fourth-order valence-electron chi connectivity index (χ4n) is 1.68. The lowest BCUT2D eigenvalue weighted by Gasteiger charge is -2.23. The van der Waals surface area contributed by atoms with Gasteiger partial charge in [0, 0.05) is 27.8 Å². The molecule has 0 radical (unpaired) electrons. The molecule has 0 heterocycles. The number of amides is 1. The van der Waals surface area contributed by atoms with Gasteiger partial charge in [-0.05, 0) is 36.5 Å². The lowest BCUT2D eigenvalue weighted by atomic mass is 9.90. The first kappa shape index (κ1) is 18.3. The van der Waals surface area contributed by atoms with E-state index in [0.717, 1.165) is 6.42 Å². The third kappa shape index (κ3) is 4.87. The Balaban J connectivity index is 3.14. The number of carbonyl (C=O) groups excluding carboxylic acids is 1. The molecule has 0 atom stereocenters. The summed E-state index contributed by atoms with van der Waals surface area (Å²) in [5.41, 5.74) is 0.471. The fourth-order valence-corrected chi connectivity index (χ4v) is 3.19. The summed E-state index contributed by atoms with van der Waals surface area (Å²) in [5, 5.41) is 2.95. The Kier molecular flexibility index (Phi) is 5.69. The Morgan fingerprint density at radius 3 is 2.38 bits per heavy atom. The molecule has 7 heteroatoms. The third-order valence-electron chi connectivity index (χ3n) is 3.52. The van der Waals surface area contributed by atoms with Crippen molar-refractivity contribution in [2.24, 2.45) is 5.41 Å². The van der Waals surface area contributed by atoms with Gasteiger partial charge in [0.15, 0.2) is 0 Å². The lowest BCUT2D eigenvalue weighted by Crippen LogP contribution is -2.34. The van der Waals surface area contributed by atoms with E-state index >= 15 is 0 Å². The van der Waals surface area contributed by atoms with Crippen LogP contribution >= 0.6 is 22.3 Å². The van der Waals surface area contributed by atoms with Gasteiger partial charge in [-0.1, -0.05) is 32.4 Å². The van der Waals surface area contributed by atoms with Gasteiger partial charge >= 0.3 is 0 Å². The molecule has 1 aromatic carbocycles. The number of nitrogens with one attached hydrogen (secondary N) is 1. The molecular weight excluding hydrogens is 333 g/mol. The van der Waals surface area contributed by atoms with Crippen molar-refractivity contribution < 1.29 is 13.2 Å². The second kappa shape index (κ2) is 6.55. The predicted molar refractivity (Wildman–Crippen MR) is 85.6 cm³/mol. The summed E-state index contributed by atoms with van der Waals surface area (Å²) < 4.78 is 23.0. The Hall–Kier alpha value is -0.780. The molecule has 0 aromatic heterocycles. The topological polar surface area (TPSA) is 63.2 Å². The Morgan fingerprint density at radius 2 is 1.90 bits per heavy atom. The molecular formula is C14H19Cl2NO3S. The first-order chi connectivity index (χ1) is 9.48. The van der Waals surface area contributed by atoms with Crippen molar-refractivity contribution in [2.75, 3.05) is 6.54 Å². The largest absolute Gasteiger partial charge is 0.351 e. The highest BCUT2D eigenvalue weighted by Crippen LogP contribution is 2.27. The summed E-state index contributed by atoms with van der Waals surface area (Å²) in [6, 6.07) is 2.68. The number of hydrogen-bond acceptors (Lipinski definition) is 3. The van der Waals surface area contributed by atoms with Crippen molar-refractivity contribution >= 4 is 37.2 Å². The zero-order valence-electron chi connectivity index (χ0n) is 12.5. The minimum absolute atomic E-state index is 0.0382. The number of carbonyl (C=O) groups is 1. The normalized spacial score (nSPS) is 12.3. The van der Waals surface area contributed by atoms with Crippen molar-refractivity contribution in [1.29, 1.82) is 0 Å². The lowest BCUT2D eigenvalue weighted by molar-refractivity contribution is 0.0935. The molecule has 0 aliphatic carbocycles. The third-order valence-corrected chi connectivity index (χ3v) is 5.18. The van der Waals surface area contributed by atoms with Gasteiger partial charge < -0.3 is 5.32 Å². The molecule has 4 nitrogen and oxygen atoms in total. The maximum atomic E-state index is 12.3. The number of rotatable bonds is 5. The van der Waals surface area contributed by atoms with Gasteiger partial charge in [-0.15, -0.1) is 0 Å². The van der Waals surface area contributed by atoms with Gasteiger partial charge in [0.1, 0.15) is 0 Å².